The quantitative estimate of drug-likeness (QED) is 0.894. The Kier molecular flexibility index (Phi) is 4.35. The third-order valence-electron chi connectivity index (χ3n) is 2.90. The molecule has 2 nitrogen and oxygen atoms in total. The van der Waals surface area contributed by atoms with Crippen LogP contribution in [-0.2, 0) is 6.54 Å². The lowest BCUT2D eigenvalue weighted by molar-refractivity contribution is 0.621. The van der Waals surface area contributed by atoms with Crippen molar-refractivity contribution >= 4 is 21.6 Å². The van der Waals surface area contributed by atoms with E-state index in [-0.39, 0.29) is 11.4 Å². The van der Waals surface area contributed by atoms with Gasteiger partial charge in [-0.3, -0.25) is 0 Å². The van der Waals surface area contributed by atoms with Gasteiger partial charge in [-0.15, -0.1) is 0 Å². The second-order valence-corrected chi connectivity index (χ2v) is 5.22. The van der Waals surface area contributed by atoms with Crippen LogP contribution < -0.4 is 5.32 Å². The lowest BCUT2D eigenvalue weighted by atomic mass is 10.1. The van der Waals surface area contributed by atoms with Gasteiger partial charge >= 0.3 is 0 Å². The smallest absolute Gasteiger partial charge is 0.140 e. The van der Waals surface area contributed by atoms with Crippen molar-refractivity contribution in [3.63, 3.8) is 0 Å². The van der Waals surface area contributed by atoms with Crippen molar-refractivity contribution in [1.82, 2.24) is 0 Å². The van der Waals surface area contributed by atoms with Gasteiger partial charge in [0.2, 0.25) is 0 Å². The van der Waals surface area contributed by atoms with Crippen molar-refractivity contribution < 1.29 is 8.78 Å². The molecule has 0 aromatic heterocycles. The first-order valence-electron chi connectivity index (χ1n) is 5.89. The van der Waals surface area contributed by atoms with Gasteiger partial charge in [-0.25, -0.2) is 8.78 Å². The van der Waals surface area contributed by atoms with E-state index in [1.165, 1.54) is 18.2 Å². The molecule has 2 rings (SSSR count). The van der Waals surface area contributed by atoms with Crippen LogP contribution in [0.5, 0.6) is 0 Å². The van der Waals surface area contributed by atoms with Gasteiger partial charge < -0.3 is 5.32 Å². The molecule has 0 heterocycles. The van der Waals surface area contributed by atoms with Crippen molar-refractivity contribution in [2.75, 3.05) is 5.32 Å². The predicted molar refractivity (Wildman–Crippen MR) is 77.3 cm³/mol. The number of benzene rings is 2. The highest BCUT2D eigenvalue weighted by Crippen LogP contribution is 2.24. The van der Waals surface area contributed by atoms with E-state index in [0.29, 0.717) is 16.7 Å². The molecule has 0 aliphatic rings. The van der Waals surface area contributed by atoms with Gasteiger partial charge in [0.25, 0.3) is 0 Å². The minimum atomic E-state index is -0.540. The van der Waals surface area contributed by atoms with E-state index in [2.05, 4.69) is 21.2 Å². The van der Waals surface area contributed by atoms with Crippen LogP contribution in [-0.4, -0.2) is 0 Å². The van der Waals surface area contributed by atoms with Crippen LogP contribution >= 0.6 is 15.9 Å². The number of rotatable bonds is 3. The largest absolute Gasteiger partial charge is 0.381 e. The van der Waals surface area contributed by atoms with Crippen LogP contribution in [0.15, 0.2) is 34.8 Å². The number of hydrogen-bond acceptors (Lipinski definition) is 2. The van der Waals surface area contributed by atoms with E-state index in [1.807, 2.05) is 6.92 Å². The van der Waals surface area contributed by atoms with E-state index in [0.717, 1.165) is 11.1 Å². The zero-order valence-electron chi connectivity index (χ0n) is 10.7. The highest BCUT2D eigenvalue weighted by atomic mass is 79.9. The molecule has 0 aliphatic heterocycles. The first-order chi connectivity index (χ1) is 9.51. The molecule has 20 heavy (non-hydrogen) atoms. The van der Waals surface area contributed by atoms with E-state index < -0.39 is 5.82 Å². The van der Waals surface area contributed by atoms with Gasteiger partial charge in [-0.2, -0.15) is 5.26 Å². The highest BCUT2D eigenvalue weighted by molar-refractivity contribution is 9.10. The summed E-state index contributed by atoms with van der Waals surface area (Å²) in [4.78, 5) is 0. The Morgan fingerprint density at radius 3 is 2.65 bits per heavy atom. The molecule has 1 N–H and O–H groups in total. The van der Waals surface area contributed by atoms with Crippen molar-refractivity contribution in [2.45, 2.75) is 13.5 Å². The maximum Gasteiger partial charge on any atom is 0.140 e. The fourth-order valence-corrected chi connectivity index (χ4v) is 2.26. The minimum Gasteiger partial charge on any atom is -0.381 e. The lowest BCUT2D eigenvalue weighted by Crippen LogP contribution is -2.02. The Hall–Kier alpha value is -1.93. The monoisotopic (exact) mass is 336 g/mol. The van der Waals surface area contributed by atoms with Crippen LogP contribution in [0, 0.1) is 29.9 Å². The fourth-order valence-electron chi connectivity index (χ4n) is 1.80. The molecule has 0 spiro atoms. The normalized spacial score (nSPS) is 10.2. The molecule has 0 unspecified atom stereocenters. The molecular weight excluding hydrogens is 326 g/mol. The van der Waals surface area contributed by atoms with E-state index in [1.54, 1.807) is 18.2 Å². The zero-order valence-corrected chi connectivity index (χ0v) is 12.3. The summed E-state index contributed by atoms with van der Waals surface area (Å²) in [5.74, 6) is -0.892. The maximum atomic E-state index is 13.5. The summed E-state index contributed by atoms with van der Waals surface area (Å²) in [5, 5.41) is 11.8. The van der Waals surface area contributed by atoms with Crippen molar-refractivity contribution in [2.24, 2.45) is 0 Å². The van der Waals surface area contributed by atoms with Crippen LogP contribution in [0.3, 0.4) is 0 Å². The number of halogens is 3. The average Bonchev–Trinajstić information content (AvgIpc) is 2.43. The second-order valence-electron chi connectivity index (χ2n) is 4.36. The van der Waals surface area contributed by atoms with Crippen molar-refractivity contribution in [3.8, 4) is 6.07 Å². The van der Waals surface area contributed by atoms with Gasteiger partial charge in [-0.1, -0.05) is 6.07 Å². The van der Waals surface area contributed by atoms with Crippen LogP contribution in [0.1, 0.15) is 16.7 Å². The zero-order chi connectivity index (χ0) is 14.7. The molecule has 2 aromatic carbocycles. The highest BCUT2D eigenvalue weighted by Gasteiger charge is 2.06. The molecule has 0 aliphatic carbocycles. The summed E-state index contributed by atoms with van der Waals surface area (Å²) < 4.78 is 27.1. The van der Waals surface area contributed by atoms with Crippen LogP contribution in [0.4, 0.5) is 14.5 Å². The third-order valence-corrected chi connectivity index (χ3v) is 3.51. The van der Waals surface area contributed by atoms with Crippen LogP contribution in [0.25, 0.3) is 0 Å². The molecule has 5 heteroatoms. The average molecular weight is 337 g/mol. The number of nitrogens with one attached hydrogen (secondary N) is 1. The Labute approximate surface area is 124 Å². The molecule has 0 atom stereocenters. The van der Waals surface area contributed by atoms with E-state index in [9.17, 15) is 8.78 Å². The Morgan fingerprint density at radius 2 is 1.95 bits per heavy atom. The number of anilines is 1. The SMILES string of the molecule is Cc1cc(Br)c(F)cc1NCc1ccc(F)c(C#N)c1. The molecule has 2 aromatic rings. The Bertz CT molecular complexity index is 693. The topological polar surface area (TPSA) is 35.8 Å². The minimum absolute atomic E-state index is 0.00279. The van der Waals surface area contributed by atoms with Crippen molar-refractivity contribution in [1.29, 1.82) is 5.26 Å². The van der Waals surface area contributed by atoms with Gasteiger partial charge in [0.15, 0.2) is 0 Å². The molecule has 0 fully saturated rings. The summed E-state index contributed by atoms with van der Waals surface area (Å²) in [6, 6.07) is 9.20. The molecule has 0 saturated heterocycles. The molecular formula is C15H11BrF2N2. The summed E-state index contributed by atoms with van der Waals surface area (Å²) >= 11 is 3.12. The van der Waals surface area contributed by atoms with Crippen molar-refractivity contribution in [3.05, 3.63) is 63.1 Å². The summed E-state index contributed by atoms with van der Waals surface area (Å²) in [6.45, 7) is 2.24. The van der Waals surface area contributed by atoms with Crippen LogP contribution in [0.2, 0.25) is 0 Å². The van der Waals surface area contributed by atoms with Gasteiger partial charge in [0, 0.05) is 12.2 Å². The Morgan fingerprint density at radius 1 is 1.20 bits per heavy atom. The maximum absolute atomic E-state index is 13.5. The number of nitrogens with zero attached hydrogens (tertiary/aromatic N) is 1. The van der Waals surface area contributed by atoms with E-state index in [4.69, 9.17) is 5.26 Å². The molecule has 102 valence electrons. The summed E-state index contributed by atoms with van der Waals surface area (Å²) in [6.07, 6.45) is 0. The van der Waals surface area contributed by atoms with Gasteiger partial charge in [0.1, 0.15) is 17.7 Å². The molecule has 0 radical (unpaired) electrons. The molecule has 0 amide bonds. The summed E-state index contributed by atoms with van der Waals surface area (Å²) in [7, 11) is 0. The first kappa shape index (κ1) is 14.5. The van der Waals surface area contributed by atoms with E-state index >= 15 is 0 Å². The fraction of sp³-hybridized carbons (Fsp3) is 0.133. The number of aryl methyl sites for hydroxylation is 1. The Balaban J connectivity index is 2.17. The second kappa shape index (κ2) is 6.02. The first-order valence-corrected chi connectivity index (χ1v) is 6.68. The van der Waals surface area contributed by atoms with Gasteiger partial charge in [0.05, 0.1) is 10.0 Å². The third kappa shape index (κ3) is 3.14. The number of hydrogen-bond donors (Lipinski definition) is 1. The predicted octanol–water partition coefficient (Wildman–Crippen LogP) is 4.52. The van der Waals surface area contributed by atoms with Gasteiger partial charge in [-0.05, 0) is 58.2 Å². The standard InChI is InChI=1S/C15H11BrF2N2/c1-9-4-12(16)14(18)6-15(9)20-8-10-2-3-13(17)11(5-10)7-19/h2-6,20H,8H2,1H3. The molecule has 0 bridgehead atoms. The number of nitriles is 1. The molecule has 0 saturated carbocycles. The summed E-state index contributed by atoms with van der Waals surface area (Å²) in [5.41, 5.74) is 2.31. The lowest BCUT2D eigenvalue weighted by Gasteiger charge is -2.11.